The van der Waals surface area contributed by atoms with Crippen LogP contribution < -0.4 is 5.32 Å². The second-order valence-corrected chi connectivity index (χ2v) is 6.64. The zero-order valence-corrected chi connectivity index (χ0v) is 15.7. The van der Waals surface area contributed by atoms with Gasteiger partial charge in [0.05, 0.1) is 5.56 Å². The van der Waals surface area contributed by atoms with Gasteiger partial charge in [-0.05, 0) is 37.6 Å². The van der Waals surface area contributed by atoms with Crippen molar-refractivity contribution in [1.82, 2.24) is 14.5 Å². The first-order valence-electron chi connectivity index (χ1n) is 8.05. The molecule has 134 valence electrons. The van der Waals surface area contributed by atoms with E-state index in [-0.39, 0.29) is 16.3 Å². The Hall–Kier alpha value is -2.44. The molecule has 3 aromatic heterocycles. The molecule has 0 aromatic carbocycles. The van der Waals surface area contributed by atoms with E-state index >= 15 is 0 Å². The summed E-state index contributed by atoms with van der Waals surface area (Å²) in [6.45, 7) is 4.08. The third-order valence-electron chi connectivity index (χ3n) is 4.13. The molecule has 3 rings (SSSR count). The number of hydrogen-bond donors (Lipinski definition) is 1. The molecule has 3 aromatic rings. The maximum Gasteiger partial charge on any atom is 0.296 e. The Labute approximate surface area is 160 Å². The predicted octanol–water partition coefficient (Wildman–Crippen LogP) is 4.53. The SMILES string of the molecule is CCC(C)n1cc(C(=O)C(=O)Nc2cc(Cl)nc(Cl)c2)c2cccnc21. The molecule has 0 radical (unpaired) electrons. The lowest BCUT2D eigenvalue weighted by molar-refractivity contribution is -0.112. The second kappa shape index (κ2) is 7.43. The van der Waals surface area contributed by atoms with E-state index in [1.54, 1.807) is 24.5 Å². The lowest BCUT2D eigenvalue weighted by Crippen LogP contribution is -2.22. The van der Waals surface area contributed by atoms with Gasteiger partial charge in [0.2, 0.25) is 0 Å². The first-order chi connectivity index (χ1) is 12.4. The number of carbonyl (C=O) groups excluding carboxylic acids is 2. The summed E-state index contributed by atoms with van der Waals surface area (Å²) < 4.78 is 1.91. The fraction of sp³-hybridized carbons (Fsp3) is 0.222. The van der Waals surface area contributed by atoms with Gasteiger partial charge >= 0.3 is 0 Å². The molecule has 0 fully saturated rings. The fourth-order valence-electron chi connectivity index (χ4n) is 2.64. The van der Waals surface area contributed by atoms with Crippen molar-refractivity contribution in [3.63, 3.8) is 0 Å². The monoisotopic (exact) mass is 390 g/mol. The minimum Gasteiger partial charge on any atom is -0.329 e. The molecular weight excluding hydrogens is 375 g/mol. The van der Waals surface area contributed by atoms with Crippen LogP contribution in [0.1, 0.15) is 36.7 Å². The molecule has 0 aliphatic rings. The maximum atomic E-state index is 12.7. The van der Waals surface area contributed by atoms with Crippen LogP contribution in [-0.4, -0.2) is 26.2 Å². The van der Waals surface area contributed by atoms with Crippen LogP contribution in [0.25, 0.3) is 11.0 Å². The van der Waals surface area contributed by atoms with E-state index in [2.05, 4.69) is 15.3 Å². The number of nitrogens with one attached hydrogen (secondary N) is 1. The van der Waals surface area contributed by atoms with Gasteiger partial charge in [0, 0.05) is 29.5 Å². The Morgan fingerprint density at radius 3 is 2.62 bits per heavy atom. The number of fused-ring (bicyclic) bond motifs is 1. The van der Waals surface area contributed by atoms with Gasteiger partial charge in [-0.2, -0.15) is 0 Å². The van der Waals surface area contributed by atoms with Crippen molar-refractivity contribution in [2.24, 2.45) is 0 Å². The molecule has 0 spiro atoms. The molecular formula is C18H16Cl2N4O2. The summed E-state index contributed by atoms with van der Waals surface area (Å²) in [6, 6.07) is 6.50. The zero-order chi connectivity index (χ0) is 18.8. The number of aromatic nitrogens is 3. The lowest BCUT2D eigenvalue weighted by Gasteiger charge is -2.11. The van der Waals surface area contributed by atoms with E-state index in [0.717, 1.165) is 6.42 Å². The smallest absolute Gasteiger partial charge is 0.296 e. The van der Waals surface area contributed by atoms with Gasteiger partial charge in [-0.15, -0.1) is 0 Å². The molecule has 3 heterocycles. The number of hydrogen-bond acceptors (Lipinski definition) is 4. The average Bonchev–Trinajstić information content (AvgIpc) is 2.99. The molecule has 0 saturated heterocycles. The summed E-state index contributed by atoms with van der Waals surface area (Å²) >= 11 is 11.6. The number of Topliss-reactive ketones (excluding diaryl/α,β-unsaturated/α-hetero) is 1. The molecule has 1 unspecified atom stereocenters. The van der Waals surface area contributed by atoms with Crippen LogP contribution in [0.4, 0.5) is 5.69 Å². The number of amides is 1. The summed E-state index contributed by atoms with van der Waals surface area (Å²) in [6.07, 6.45) is 4.21. The van der Waals surface area contributed by atoms with Gasteiger partial charge in [-0.25, -0.2) is 9.97 Å². The zero-order valence-electron chi connectivity index (χ0n) is 14.2. The number of halogens is 2. The topological polar surface area (TPSA) is 76.9 Å². The van der Waals surface area contributed by atoms with E-state index in [4.69, 9.17) is 23.2 Å². The standard InChI is InChI=1S/C18H16Cl2N4O2/c1-3-10(2)24-9-13(12-5-4-6-21-17(12)24)16(25)18(26)22-11-7-14(19)23-15(20)8-11/h4-10H,3H2,1-2H3,(H,22,23,26). The van der Waals surface area contributed by atoms with Crippen LogP contribution >= 0.6 is 23.2 Å². The van der Waals surface area contributed by atoms with Gasteiger partial charge in [0.1, 0.15) is 16.0 Å². The van der Waals surface area contributed by atoms with E-state index in [1.165, 1.54) is 12.1 Å². The molecule has 26 heavy (non-hydrogen) atoms. The third kappa shape index (κ3) is 3.57. The molecule has 0 aliphatic heterocycles. The maximum absolute atomic E-state index is 12.7. The third-order valence-corrected chi connectivity index (χ3v) is 4.51. The van der Waals surface area contributed by atoms with Crippen molar-refractivity contribution in [3.05, 3.63) is 52.5 Å². The minimum absolute atomic E-state index is 0.123. The van der Waals surface area contributed by atoms with Crippen molar-refractivity contribution >= 4 is 51.6 Å². The van der Waals surface area contributed by atoms with Crippen molar-refractivity contribution in [3.8, 4) is 0 Å². The van der Waals surface area contributed by atoms with Gasteiger partial charge < -0.3 is 9.88 Å². The van der Waals surface area contributed by atoms with Gasteiger partial charge in [0.15, 0.2) is 0 Å². The second-order valence-electron chi connectivity index (χ2n) is 5.87. The molecule has 1 N–H and O–H groups in total. The quantitative estimate of drug-likeness (QED) is 0.394. The van der Waals surface area contributed by atoms with E-state index < -0.39 is 11.7 Å². The van der Waals surface area contributed by atoms with Gasteiger partial charge in [-0.1, -0.05) is 30.1 Å². The van der Waals surface area contributed by atoms with Crippen LogP contribution in [0.2, 0.25) is 10.3 Å². The first kappa shape index (κ1) is 18.4. The molecule has 1 atom stereocenters. The van der Waals surface area contributed by atoms with Crippen molar-refractivity contribution in [1.29, 1.82) is 0 Å². The summed E-state index contributed by atoms with van der Waals surface area (Å²) in [4.78, 5) is 33.3. The Morgan fingerprint density at radius 1 is 1.27 bits per heavy atom. The van der Waals surface area contributed by atoms with Crippen LogP contribution in [0.3, 0.4) is 0 Å². The Morgan fingerprint density at radius 2 is 1.96 bits per heavy atom. The highest BCUT2D eigenvalue weighted by molar-refractivity contribution is 6.48. The van der Waals surface area contributed by atoms with Crippen molar-refractivity contribution in [2.75, 3.05) is 5.32 Å². The van der Waals surface area contributed by atoms with Crippen LogP contribution in [-0.2, 0) is 4.79 Å². The number of anilines is 1. The normalized spacial score (nSPS) is 12.2. The number of nitrogens with zero attached hydrogens (tertiary/aromatic N) is 3. The molecule has 8 heteroatoms. The Balaban J connectivity index is 1.95. The largest absolute Gasteiger partial charge is 0.329 e. The van der Waals surface area contributed by atoms with Crippen LogP contribution in [0, 0.1) is 0 Å². The van der Waals surface area contributed by atoms with E-state index in [0.29, 0.717) is 22.3 Å². The molecule has 1 amide bonds. The summed E-state index contributed by atoms with van der Waals surface area (Å²) in [5.74, 6) is -1.44. The summed E-state index contributed by atoms with van der Waals surface area (Å²) in [7, 11) is 0. The van der Waals surface area contributed by atoms with Crippen molar-refractivity contribution < 1.29 is 9.59 Å². The Bertz CT molecular complexity index is 980. The highest BCUT2D eigenvalue weighted by atomic mass is 35.5. The van der Waals surface area contributed by atoms with Gasteiger partial charge in [0.25, 0.3) is 11.7 Å². The molecule has 0 saturated carbocycles. The lowest BCUT2D eigenvalue weighted by atomic mass is 10.1. The molecule has 6 nitrogen and oxygen atoms in total. The highest BCUT2D eigenvalue weighted by Gasteiger charge is 2.23. The summed E-state index contributed by atoms with van der Waals surface area (Å²) in [5, 5.41) is 3.40. The van der Waals surface area contributed by atoms with Crippen LogP contribution in [0.5, 0.6) is 0 Å². The number of carbonyl (C=O) groups is 2. The predicted molar refractivity (Wildman–Crippen MR) is 102 cm³/mol. The van der Waals surface area contributed by atoms with Crippen molar-refractivity contribution in [2.45, 2.75) is 26.3 Å². The number of rotatable bonds is 5. The van der Waals surface area contributed by atoms with E-state index in [9.17, 15) is 9.59 Å². The van der Waals surface area contributed by atoms with Crippen LogP contribution in [0.15, 0.2) is 36.7 Å². The Kier molecular flexibility index (Phi) is 5.25. The fourth-order valence-corrected chi connectivity index (χ4v) is 3.10. The first-order valence-corrected chi connectivity index (χ1v) is 8.80. The number of ketones is 1. The molecule has 0 bridgehead atoms. The highest BCUT2D eigenvalue weighted by Crippen LogP contribution is 2.25. The molecule has 0 aliphatic carbocycles. The number of pyridine rings is 2. The average molecular weight is 391 g/mol. The van der Waals surface area contributed by atoms with E-state index in [1.807, 2.05) is 18.4 Å². The summed E-state index contributed by atoms with van der Waals surface area (Å²) in [5.41, 5.74) is 1.28. The minimum atomic E-state index is -0.782. The van der Waals surface area contributed by atoms with Gasteiger partial charge in [-0.3, -0.25) is 9.59 Å².